The molecule has 0 aliphatic carbocycles. The molecule has 0 unspecified atom stereocenters. The Balaban J connectivity index is 4.02. The Morgan fingerprint density at radius 3 is 2.20 bits per heavy atom. The minimum absolute atomic E-state index is 0.222. The van der Waals surface area contributed by atoms with Crippen LogP contribution in [-0.4, -0.2) is 17.7 Å². The van der Waals surface area contributed by atoms with Gasteiger partial charge >= 0.3 is 6.09 Å². The van der Waals surface area contributed by atoms with E-state index in [1.807, 2.05) is 20.8 Å². The summed E-state index contributed by atoms with van der Waals surface area (Å²) in [5.41, 5.74) is -0.416. The molecule has 3 nitrogen and oxygen atoms in total. The van der Waals surface area contributed by atoms with Crippen molar-refractivity contribution in [3.8, 4) is 0 Å². The van der Waals surface area contributed by atoms with Crippen LogP contribution in [-0.2, 0) is 4.74 Å². The minimum Gasteiger partial charge on any atom is -0.444 e. The average Bonchev–Trinajstić information content (AvgIpc) is 1.98. The summed E-state index contributed by atoms with van der Waals surface area (Å²) in [5, 5.41) is 2.89. The normalized spacial score (nSPS) is 13.8. The van der Waals surface area contributed by atoms with E-state index in [9.17, 15) is 4.79 Å². The van der Waals surface area contributed by atoms with Crippen LogP contribution in [0.2, 0.25) is 0 Å². The van der Waals surface area contributed by atoms with Gasteiger partial charge < -0.3 is 10.1 Å². The number of carbonyl (C=O) groups excluding carboxylic acids is 1. The molecule has 0 saturated heterocycles. The summed E-state index contributed by atoms with van der Waals surface area (Å²) in [6, 6.07) is 0.222. The van der Waals surface area contributed by atoms with Crippen LogP contribution in [0.25, 0.3) is 0 Å². The maximum atomic E-state index is 11.5. The van der Waals surface area contributed by atoms with E-state index >= 15 is 0 Å². The van der Waals surface area contributed by atoms with Crippen molar-refractivity contribution in [1.82, 2.24) is 5.32 Å². The van der Waals surface area contributed by atoms with Gasteiger partial charge in [0.25, 0.3) is 0 Å². The first kappa shape index (κ1) is 14.3. The first-order valence-corrected chi connectivity index (χ1v) is 5.74. The SMILES string of the molecule is CC[C@H](CC(C)C)NC(=O)OC(C)(C)C. The van der Waals surface area contributed by atoms with Crippen LogP contribution in [0.5, 0.6) is 0 Å². The van der Waals surface area contributed by atoms with Gasteiger partial charge in [0, 0.05) is 6.04 Å². The van der Waals surface area contributed by atoms with E-state index in [4.69, 9.17) is 4.74 Å². The first-order valence-electron chi connectivity index (χ1n) is 5.74. The summed E-state index contributed by atoms with van der Waals surface area (Å²) in [7, 11) is 0. The Morgan fingerprint density at radius 2 is 1.87 bits per heavy atom. The molecule has 0 saturated carbocycles. The molecule has 15 heavy (non-hydrogen) atoms. The molecule has 0 fully saturated rings. The fourth-order valence-electron chi connectivity index (χ4n) is 1.37. The number of hydrogen-bond acceptors (Lipinski definition) is 2. The Bertz CT molecular complexity index is 194. The van der Waals surface area contributed by atoms with Crippen molar-refractivity contribution >= 4 is 6.09 Å². The Kier molecular flexibility index (Phi) is 5.69. The largest absolute Gasteiger partial charge is 0.444 e. The third-order valence-corrected chi connectivity index (χ3v) is 1.97. The highest BCUT2D eigenvalue weighted by Gasteiger charge is 2.18. The highest BCUT2D eigenvalue weighted by atomic mass is 16.6. The number of rotatable bonds is 4. The van der Waals surface area contributed by atoms with Crippen LogP contribution in [0, 0.1) is 5.92 Å². The van der Waals surface area contributed by atoms with E-state index in [0.717, 1.165) is 12.8 Å². The zero-order chi connectivity index (χ0) is 12.1. The fourth-order valence-corrected chi connectivity index (χ4v) is 1.37. The van der Waals surface area contributed by atoms with Crippen LogP contribution in [0.15, 0.2) is 0 Å². The van der Waals surface area contributed by atoms with Crippen LogP contribution in [0.1, 0.15) is 54.4 Å². The number of hydrogen-bond donors (Lipinski definition) is 1. The monoisotopic (exact) mass is 215 g/mol. The second-order valence-corrected chi connectivity index (χ2v) is 5.38. The molecule has 90 valence electrons. The van der Waals surface area contributed by atoms with Crippen molar-refractivity contribution in [2.24, 2.45) is 5.92 Å². The van der Waals surface area contributed by atoms with Crippen molar-refractivity contribution in [2.45, 2.75) is 66.0 Å². The van der Waals surface area contributed by atoms with Crippen LogP contribution in [0.3, 0.4) is 0 Å². The molecule has 0 rings (SSSR count). The standard InChI is InChI=1S/C12H25NO2/c1-7-10(8-9(2)3)13-11(14)15-12(4,5)6/h9-10H,7-8H2,1-6H3,(H,13,14)/t10-/m1/s1. The van der Waals surface area contributed by atoms with Crippen molar-refractivity contribution in [3.05, 3.63) is 0 Å². The number of alkyl carbamates (subject to hydrolysis) is 1. The molecule has 1 amide bonds. The smallest absolute Gasteiger partial charge is 0.407 e. The third kappa shape index (κ3) is 8.28. The Morgan fingerprint density at radius 1 is 1.33 bits per heavy atom. The third-order valence-electron chi connectivity index (χ3n) is 1.97. The zero-order valence-electron chi connectivity index (χ0n) is 10.9. The van der Waals surface area contributed by atoms with Crippen molar-refractivity contribution in [1.29, 1.82) is 0 Å². The second-order valence-electron chi connectivity index (χ2n) is 5.38. The Hall–Kier alpha value is -0.730. The number of carbonyl (C=O) groups is 1. The lowest BCUT2D eigenvalue weighted by atomic mass is 10.0. The average molecular weight is 215 g/mol. The van der Waals surface area contributed by atoms with Gasteiger partial charge in [-0.15, -0.1) is 0 Å². The summed E-state index contributed by atoms with van der Waals surface area (Å²) in [4.78, 5) is 11.5. The van der Waals surface area contributed by atoms with Crippen molar-refractivity contribution in [2.75, 3.05) is 0 Å². The lowest BCUT2D eigenvalue weighted by Gasteiger charge is -2.23. The van der Waals surface area contributed by atoms with E-state index < -0.39 is 5.60 Å². The molecular formula is C12H25NO2. The summed E-state index contributed by atoms with van der Waals surface area (Å²) >= 11 is 0. The predicted octanol–water partition coefficient (Wildman–Crippen LogP) is 3.34. The fraction of sp³-hybridized carbons (Fsp3) is 0.917. The molecule has 0 heterocycles. The lowest BCUT2D eigenvalue weighted by Crippen LogP contribution is -2.39. The van der Waals surface area contributed by atoms with E-state index in [1.165, 1.54) is 0 Å². The predicted molar refractivity (Wildman–Crippen MR) is 62.9 cm³/mol. The molecule has 1 atom stereocenters. The molecule has 0 radical (unpaired) electrons. The van der Waals surface area contributed by atoms with Gasteiger partial charge in [0.05, 0.1) is 0 Å². The van der Waals surface area contributed by atoms with Gasteiger partial charge in [-0.2, -0.15) is 0 Å². The van der Waals surface area contributed by atoms with Gasteiger partial charge in [-0.25, -0.2) is 4.79 Å². The van der Waals surface area contributed by atoms with Crippen molar-refractivity contribution in [3.63, 3.8) is 0 Å². The van der Waals surface area contributed by atoms with Gasteiger partial charge in [0.15, 0.2) is 0 Å². The molecule has 1 N–H and O–H groups in total. The molecule has 0 bridgehead atoms. The van der Waals surface area contributed by atoms with E-state index in [-0.39, 0.29) is 12.1 Å². The number of ether oxygens (including phenoxy) is 1. The molecule has 0 aromatic heterocycles. The van der Waals surface area contributed by atoms with Gasteiger partial charge in [0.2, 0.25) is 0 Å². The minimum atomic E-state index is -0.416. The van der Waals surface area contributed by atoms with E-state index in [0.29, 0.717) is 5.92 Å². The van der Waals surface area contributed by atoms with Gasteiger partial charge in [0.1, 0.15) is 5.60 Å². The first-order chi connectivity index (χ1) is 6.74. The van der Waals surface area contributed by atoms with E-state index in [1.54, 1.807) is 0 Å². The molecule has 0 aromatic carbocycles. The van der Waals surface area contributed by atoms with Gasteiger partial charge in [-0.1, -0.05) is 20.8 Å². The topological polar surface area (TPSA) is 38.3 Å². The lowest BCUT2D eigenvalue weighted by molar-refractivity contribution is 0.0497. The summed E-state index contributed by atoms with van der Waals surface area (Å²) in [6.07, 6.45) is 1.63. The highest BCUT2D eigenvalue weighted by Crippen LogP contribution is 2.10. The zero-order valence-corrected chi connectivity index (χ0v) is 10.9. The number of amides is 1. The summed E-state index contributed by atoms with van der Waals surface area (Å²) in [6.45, 7) is 12.0. The highest BCUT2D eigenvalue weighted by molar-refractivity contribution is 5.68. The molecule has 0 aliphatic heterocycles. The molecule has 0 aliphatic rings. The Labute approximate surface area is 93.6 Å². The molecular weight excluding hydrogens is 190 g/mol. The van der Waals surface area contributed by atoms with E-state index in [2.05, 4.69) is 26.1 Å². The number of nitrogens with one attached hydrogen (secondary N) is 1. The van der Waals surface area contributed by atoms with Crippen LogP contribution >= 0.6 is 0 Å². The molecule has 3 heteroatoms. The van der Waals surface area contributed by atoms with Gasteiger partial charge in [-0.05, 0) is 39.5 Å². The maximum Gasteiger partial charge on any atom is 0.407 e. The second kappa shape index (κ2) is 5.99. The summed E-state index contributed by atoms with van der Waals surface area (Å²) in [5.74, 6) is 0.588. The van der Waals surface area contributed by atoms with Crippen LogP contribution in [0.4, 0.5) is 4.79 Å². The molecule has 0 spiro atoms. The maximum absolute atomic E-state index is 11.5. The van der Waals surface area contributed by atoms with Gasteiger partial charge in [-0.3, -0.25) is 0 Å². The summed E-state index contributed by atoms with van der Waals surface area (Å²) < 4.78 is 5.20. The van der Waals surface area contributed by atoms with Crippen LogP contribution < -0.4 is 5.32 Å². The quantitative estimate of drug-likeness (QED) is 0.781. The van der Waals surface area contributed by atoms with Crippen molar-refractivity contribution < 1.29 is 9.53 Å². The molecule has 0 aromatic rings.